The first kappa shape index (κ1) is 42.1. The maximum Gasteiger partial charge on any atom is 0.182 e. The summed E-state index contributed by atoms with van der Waals surface area (Å²) in [5.74, 6) is 0. The fourth-order valence-electron chi connectivity index (χ4n) is 10.8. The lowest BCUT2D eigenvalue weighted by Gasteiger charge is -2.36. The Hall–Kier alpha value is -8.04. The van der Waals surface area contributed by atoms with Crippen molar-refractivity contribution in [3.63, 3.8) is 0 Å². The number of hydrogen-bond acceptors (Lipinski definition) is 2. The molecule has 6 aromatic heterocycles. The van der Waals surface area contributed by atoms with Crippen LogP contribution in [-0.2, 0) is 33.1 Å². The van der Waals surface area contributed by atoms with E-state index < -0.39 is 9.87 Å². The van der Waals surface area contributed by atoms with Gasteiger partial charge in [0.15, 0.2) is 59.4 Å². The smallest absolute Gasteiger partial charge is 0.182 e. The molecule has 10 heteroatoms. The van der Waals surface area contributed by atoms with Gasteiger partial charge in [-0.25, -0.2) is 23.3 Å². The van der Waals surface area contributed by atoms with Crippen LogP contribution in [0.15, 0.2) is 211 Å². The number of H-pyrrole nitrogens is 2. The molecule has 0 saturated heterocycles. The molecule has 2 unspecified atom stereocenters. The van der Waals surface area contributed by atoms with Crippen molar-refractivity contribution in [3.8, 4) is 11.1 Å². The number of aromatic nitrogens is 6. The van der Waals surface area contributed by atoms with Gasteiger partial charge in [-0.05, 0) is 109 Å². The summed E-state index contributed by atoms with van der Waals surface area (Å²) in [7, 11) is 8.11. The normalized spacial score (nSPS) is 18.8. The van der Waals surface area contributed by atoms with E-state index in [1.54, 1.807) is 0 Å². The first-order valence-corrected chi connectivity index (χ1v) is 24.1. The van der Waals surface area contributed by atoms with Crippen LogP contribution in [0.4, 0.5) is 0 Å². The van der Waals surface area contributed by atoms with Gasteiger partial charge >= 0.3 is 0 Å². The number of allylic oxidation sites excluding steroid dienone is 3. The van der Waals surface area contributed by atoms with Gasteiger partial charge in [0, 0.05) is 86.3 Å². The number of halogens is 2. The molecular weight excluding hydrogens is 904 g/mol. The molecule has 0 radical (unpaired) electrons. The lowest BCUT2D eigenvalue weighted by molar-refractivity contribution is -0.671. The summed E-state index contributed by atoms with van der Waals surface area (Å²) in [6, 6.07) is 43.2. The van der Waals surface area contributed by atoms with Crippen LogP contribution < -0.4 is 29.0 Å². The summed E-state index contributed by atoms with van der Waals surface area (Å²) in [4.78, 5) is 15.7. The average molecular weight is 950 g/mol. The molecule has 0 amide bonds. The highest BCUT2D eigenvalue weighted by atomic mass is 35.5. The van der Waals surface area contributed by atoms with Crippen molar-refractivity contribution in [2.24, 2.45) is 38.2 Å². The van der Waals surface area contributed by atoms with Crippen LogP contribution in [-0.4, -0.2) is 26.4 Å². The number of alkyl halides is 2. The Morgan fingerprint density at radius 2 is 1.09 bits per heavy atom. The minimum atomic E-state index is -1.53. The molecule has 13 rings (SSSR count). The van der Waals surface area contributed by atoms with E-state index in [1.165, 1.54) is 32.3 Å². The van der Waals surface area contributed by atoms with E-state index in [9.17, 15) is 0 Å². The Balaban J connectivity index is 1.10. The largest absolute Gasteiger partial charge is 0.356 e. The van der Waals surface area contributed by atoms with Crippen molar-refractivity contribution in [3.05, 3.63) is 245 Å². The molecule has 70 heavy (non-hydrogen) atoms. The van der Waals surface area contributed by atoms with Crippen molar-refractivity contribution in [1.29, 1.82) is 0 Å². The van der Waals surface area contributed by atoms with Gasteiger partial charge in [-0.15, -0.1) is 11.6 Å². The molecule has 0 saturated carbocycles. The molecule has 8 bridgehead atoms. The Labute approximate surface area is 414 Å². The van der Waals surface area contributed by atoms with E-state index in [4.69, 9.17) is 33.2 Å². The van der Waals surface area contributed by atoms with Gasteiger partial charge in [0.25, 0.3) is 0 Å². The zero-order valence-electron chi connectivity index (χ0n) is 38.9. The molecule has 3 aliphatic heterocycles. The molecule has 0 spiro atoms. The highest BCUT2D eigenvalue weighted by molar-refractivity contribution is 6.41. The van der Waals surface area contributed by atoms with Crippen LogP contribution in [0.1, 0.15) is 33.6 Å². The second-order valence-electron chi connectivity index (χ2n) is 18.8. The van der Waals surface area contributed by atoms with Crippen LogP contribution in [0.2, 0.25) is 0 Å². The predicted molar refractivity (Wildman–Crippen MR) is 280 cm³/mol. The van der Waals surface area contributed by atoms with Crippen molar-refractivity contribution in [2.45, 2.75) is 9.87 Å². The van der Waals surface area contributed by atoms with Gasteiger partial charge in [-0.2, -0.15) is 0 Å². The molecule has 0 fully saturated rings. The van der Waals surface area contributed by atoms with Crippen molar-refractivity contribution in [2.75, 3.05) is 0 Å². The Morgan fingerprint density at radius 3 is 1.74 bits per heavy atom. The number of hydrogen-bond donors (Lipinski definition) is 2. The summed E-state index contributed by atoms with van der Waals surface area (Å²) >= 11 is 16.7. The van der Waals surface area contributed by atoms with Crippen LogP contribution in [0.3, 0.4) is 0 Å². The molecule has 2 atom stereocenters. The summed E-state index contributed by atoms with van der Waals surface area (Å²) in [6.45, 7) is 0. The predicted octanol–water partition coefficient (Wildman–Crippen LogP) is 8.52. The third kappa shape index (κ3) is 6.58. The van der Waals surface area contributed by atoms with E-state index in [1.807, 2.05) is 66.4 Å². The van der Waals surface area contributed by atoms with Crippen LogP contribution >= 0.6 is 23.2 Å². The van der Waals surface area contributed by atoms with Crippen molar-refractivity contribution < 1.29 is 18.3 Å². The zero-order valence-corrected chi connectivity index (χ0v) is 40.4. The van der Waals surface area contributed by atoms with E-state index in [-0.39, 0.29) is 0 Å². The number of rotatable bonds is 5. The summed E-state index contributed by atoms with van der Waals surface area (Å²) < 4.78 is 8.18. The minimum absolute atomic E-state index is 0.680. The molecule has 8 nitrogen and oxygen atoms in total. The Bertz CT molecular complexity index is 4100. The number of pyridine rings is 4. The maximum absolute atomic E-state index is 8.53. The van der Waals surface area contributed by atoms with Crippen LogP contribution in [0.5, 0.6) is 0 Å². The summed E-state index contributed by atoms with van der Waals surface area (Å²) in [5, 5.41) is 9.12. The lowest BCUT2D eigenvalue weighted by Crippen LogP contribution is -2.43. The van der Waals surface area contributed by atoms with Gasteiger partial charge in [0.1, 0.15) is 28.2 Å². The van der Waals surface area contributed by atoms with Gasteiger partial charge < -0.3 is 9.97 Å². The number of fused-ring (bicyclic) bond motifs is 6. The molecule has 336 valence electrons. The third-order valence-electron chi connectivity index (χ3n) is 14.2. The molecule has 2 N–H and O–H groups in total. The maximum atomic E-state index is 8.53. The summed E-state index contributed by atoms with van der Waals surface area (Å²) in [6.07, 6.45) is 24.8. The molecule has 3 aliphatic rings. The zero-order chi connectivity index (χ0) is 47.5. The quantitative estimate of drug-likeness (QED) is 0.0753. The fourth-order valence-corrected chi connectivity index (χ4v) is 11.4. The van der Waals surface area contributed by atoms with E-state index in [0.717, 1.165) is 77.9 Å². The summed E-state index contributed by atoms with van der Waals surface area (Å²) in [5.41, 5.74) is 12.5. The Kier molecular flexibility index (Phi) is 9.47. The van der Waals surface area contributed by atoms with Crippen molar-refractivity contribution in [1.82, 2.24) is 9.97 Å². The monoisotopic (exact) mass is 948 g/mol. The number of benzene rings is 4. The van der Waals surface area contributed by atoms with Gasteiger partial charge in [-0.1, -0.05) is 66.2 Å². The highest BCUT2D eigenvalue weighted by Crippen LogP contribution is 2.53. The fraction of sp³-hybridized carbons (Fsp3) is 0.100. The number of nitrogens with zero attached hydrogens (tertiary/aromatic N) is 6. The number of nitrogens with one attached hydrogen (secondary N) is 2. The second kappa shape index (κ2) is 15.8. The minimum Gasteiger partial charge on any atom is -0.356 e. The van der Waals surface area contributed by atoms with E-state index >= 15 is 0 Å². The van der Waals surface area contributed by atoms with Gasteiger partial charge in [0.05, 0.1) is 17.1 Å². The molecule has 0 aliphatic carbocycles. The van der Waals surface area contributed by atoms with Gasteiger partial charge in [-0.3, -0.25) is 4.99 Å². The third-order valence-corrected chi connectivity index (χ3v) is 15.5. The first-order valence-electron chi connectivity index (χ1n) is 23.4. The number of aromatic amines is 2. The van der Waals surface area contributed by atoms with E-state index in [2.05, 4.69) is 185 Å². The van der Waals surface area contributed by atoms with Crippen LogP contribution in [0, 0.1) is 0 Å². The lowest BCUT2D eigenvalue weighted by atomic mass is 9.85. The number of aryl methyl sites for hydroxylation is 4. The topological polar surface area (TPSA) is 71.8 Å². The van der Waals surface area contributed by atoms with E-state index in [0.29, 0.717) is 11.4 Å². The number of aliphatic imine (C=N–C) groups is 2. The molecule has 9 heterocycles. The molecular formula is C60H46Cl2N8+4. The van der Waals surface area contributed by atoms with Crippen LogP contribution in [0.25, 0.3) is 60.2 Å². The first-order chi connectivity index (χ1) is 34.0. The second-order valence-corrected chi connectivity index (χ2v) is 19.9. The molecule has 4 aromatic carbocycles. The van der Waals surface area contributed by atoms with Crippen molar-refractivity contribution >= 4 is 83.7 Å². The Morgan fingerprint density at radius 1 is 0.500 bits per heavy atom. The highest BCUT2D eigenvalue weighted by Gasteiger charge is 2.55. The average Bonchev–Trinajstić information content (AvgIpc) is 4.22. The SMILES string of the molecule is C[n+]1ccc(C2=C3C=CC(=N3)C(c3cc[n+](C)cc3)=c3ccc([nH]3)=C(c3cc[n+](C)cc3)C3=NC(Cl)(C=C3)C(Cl)(c3cc(-c4ccc5ccc6cccc7ccc4c5c67)c[n+](C)c3)c3ccc2[nH]3)cc1. The van der Waals surface area contributed by atoms with Gasteiger partial charge in [0.2, 0.25) is 0 Å². The standard InChI is InChI=1S/C60H45Cl2N8/c1-67-28-21-40(22-29-67)56-47-14-15-49(63-47)57(41-23-30-68(2)31-24-41)51-18-19-53(65-51)60(62,59(61)27-20-52(66-59)58(50-17-16-48(56)64-50)42-25-32-69(3)33-26-42)44-34-43(35-70(4)36-44)45-12-10-39-9-8-37-6-5-7-38-11-13-46(45)55(39)54(37)38/h5-36H,1-4H3,(H,63,64,65)/q+3/p+1. The molecule has 10 aromatic rings.